The highest BCUT2D eigenvalue weighted by Gasteiger charge is 2.09. The van der Waals surface area contributed by atoms with Gasteiger partial charge in [0, 0.05) is 17.8 Å². The highest BCUT2D eigenvalue weighted by molar-refractivity contribution is 5.92. The van der Waals surface area contributed by atoms with Crippen LogP contribution in [0.15, 0.2) is 54.9 Å². The van der Waals surface area contributed by atoms with Crippen LogP contribution in [0.5, 0.6) is 11.5 Å². The van der Waals surface area contributed by atoms with Crippen LogP contribution < -0.4 is 14.8 Å². The molecule has 1 amide bonds. The van der Waals surface area contributed by atoms with Crippen molar-refractivity contribution < 1.29 is 14.3 Å². The number of carbonyl (C=O) groups excluding carboxylic acids is 1. The molecule has 2 aromatic carbocycles. The number of rotatable bonds is 8. The van der Waals surface area contributed by atoms with Crippen LogP contribution in [0, 0.1) is 0 Å². The van der Waals surface area contributed by atoms with Gasteiger partial charge in [0.25, 0.3) is 5.91 Å². The second-order valence-corrected chi connectivity index (χ2v) is 5.76. The van der Waals surface area contributed by atoms with E-state index in [4.69, 9.17) is 9.47 Å². The minimum absolute atomic E-state index is 0.0800. The van der Waals surface area contributed by atoms with E-state index in [0.29, 0.717) is 18.0 Å². The number of anilines is 1. The van der Waals surface area contributed by atoms with Crippen LogP contribution in [-0.2, 0) is 11.3 Å². The molecule has 1 heterocycles. The molecule has 0 saturated carbocycles. The Morgan fingerprint density at radius 3 is 2.52 bits per heavy atom. The molecule has 0 fully saturated rings. The Morgan fingerprint density at radius 2 is 1.81 bits per heavy atom. The molecule has 140 valence electrons. The first kappa shape index (κ1) is 18.4. The van der Waals surface area contributed by atoms with Gasteiger partial charge in [0.05, 0.1) is 6.61 Å². The Kier molecular flexibility index (Phi) is 6.04. The molecule has 7 nitrogen and oxygen atoms in total. The smallest absolute Gasteiger partial charge is 0.262 e. The molecule has 3 aromatic rings. The fraction of sp³-hybridized carbons (Fsp3) is 0.250. The zero-order valence-electron chi connectivity index (χ0n) is 15.4. The lowest BCUT2D eigenvalue weighted by Crippen LogP contribution is -2.20. The number of aromatic nitrogens is 3. The summed E-state index contributed by atoms with van der Waals surface area (Å²) in [6, 6.07) is 14.7. The predicted octanol–water partition coefficient (Wildman–Crippen LogP) is 3.38. The summed E-state index contributed by atoms with van der Waals surface area (Å²) < 4.78 is 12.8. The SMILES string of the molecule is CCOc1ccc(OCC(=O)Nc2cccc(-c3nncn3CC)c2)cc1. The van der Waals surface area contributed by atoms with Crippen LogP contribution in [0.2, 0.25) is 0 Å². The van der Waals surface area contributed by atoms with Gasteiger partial charge in [-0.15, -0.1) is 10.2 Å². The van der Waals surface area contributed by atoms with Crippen LogP contribution in [-0.4, -0.2) is 33.9 Å². The number of hydrogen-bond donors (Lipinski definition) is 1. The molecule has 0 saturated heterocycles. The standard InChI is InChI=1S/C20H22N4O3/c1-3-24-14-21-23-20(24)15-6-5-7-16(12-15)22-19(25)13-27-18-10-8-17(9-11-18)26-4-2/h5-12,14H,3-4,13H2,1-2H3,(H,22,25). The van der Waals surface area contributed by atoms with E-state index in [9.17, 15) is 4.79 Å². The monoisotopic (exact) mass is 366 g/mol. The molecule has 1 N–H and O–H groups in total. The Balaban J connectivity index is 1.58. The predicted molar refractivity (Wildman–Crippen MR) is 103 cm³/mol. The van der Waals surface area contributed by atoms with Crippen molar-refractivity contribution in [3.63, 3.8) is 0 Å². The Morgan fingerprint density at radius 1 is 1.07 bits per heavy atom. The lowest BCUT2D eigenvalue weighted by Gasteiger charge is -2.10. The van der Waals surface area contributed by atoms with Crippen molar-refractivity contribution in [3.05, 3.63) is 54.9 Å². The van der Waals surface area contributed by atoms with Gasteiger partial charge in [-0.2, -0.15) is 0 Å². The molecule has 0 aliphatic heterocycles. The third-order valence-corrected chi connectivity index (χ3v) is 3.87. The van der Waals surface area contributed by atoms with Crippen LogP contribution in [0.4, 0.5) is 5.69 Å². The maximum absolute atomic E-state index is 12.2. The molecule has 0 unspecified atom stereocenters. The van der Waals surface area contributed by atoms with E-state index in [1.165, 1.54) is 0 Å². The summed E-state index contributed by atoms with van der Waals surface area (Å²) in [5.74, 6) is 1.90. The van der Waals surface area contributed by atoms with Gasteiger partial charge in [-0.1, -0.05) is 12.1 Å². The molecular formula is C20H22N4O3. The summed E-state index contributed by atoms with van der Waals surface area (Å²) >= 11 is 0. The summed E-state index contributed by atoms with van der Waals surface area (Å²) in [7, 11) is 0. The summed E-state index contributed by atoms with van der Waals surface area (Å²) in [5, 5.41) is 10.9. The number of amides is 1. The highest BCUT2D eigenvalue weighted by Crippen LogP contribution is 2.21. The largest absolute Gasteiger partial charge is 0.494 e. The first-order chi connectivity index (χ1) is 13.2. The van der Waals surface area contributed by atoms with E-state index < -0.39 is 0 Å². The Hall–Kier alpha value is -3.35. The van der Waals surface area contributed by atoms with Crippen LogP contribution in [0.25, 0.3) is 11.4 Å². The van der Waals surface area contributed by atoms with Crippen molar-refractivity contribution in [3.8, 4) is 22.9 Å². The second-order valence-electron chi connectivity index (χ2n) is 5.76. The minimum atomic E-state index is -0.238. The third kappa shape index (κ3) is 4.84. The number of nitrogens with zero attached hydrogens (tertiary/aromatic N) is 3. The quantitative estimate of drug-likeness (QED) is 0.661. The maximum Gasteiger partial charge on any atom is 0.262 e. The Labute approximate surface area is 158 Å². The van der Waals surface area contributed by atoms with E-state index in [-0.39, 0.29) is 12.5 Å². The average Bonchev–Trinajstić information content (AvgIpc) is 3.17. The van der Waals surface area contributed by atoms with Crippen molar-refractivity contribution in [2.45, 2.75) is 20.4 Å². The topological polar surface area (TPSA) is 78.3 Å². The first-order valence-corrected chi connectivity index (χ1v) is 8.83. The number of benzene rings is 2. The fourth-order valence-corrected chi connectivity index (χ4v) is 2.59. The van der Waals surface area contributed by atoms with E-state index in [1.807, 2.05) is 54.8 Å². The summed E-state index contributed by atoms with van der Waals surface area (Å²) in [6.07, 6.45) is 1.69. The average molecular weight is 366 g/mol. The highest BCUT2D eigenvalue weighted by atomic mass is 16.5. The number of nitrogens with one attached hydrogen (secondary N) is 1. The van der Waals surface area contributed by atoms with Crippen LogP contribution in [0.3, 0.4) is 0 Å². The normalized spacial score (nSPS) is 10.4. The van der Waals surface area contributed by atoms with Crippen molar-refractivity contribution in [1.29, 1.82) is 0 Å². The number of ether oxygens (including phenoxy) is 2. The van der Waals surface area contributed by atoms with Crippen molar-refractivity contribution in [2.75, 3.05) is 18.5 Å². The first-order valence-electron chi connectivity index (χ1n) is 8.83. The fourth-order valence-electron chi connectivity index (χ4n) is 2.59. The molecule has 0 atom stereocenters. The van der Waals surface area contributed by atoms with Gasteiger partial charge in [-0.25, -0.2) is 0 Å². The molecule has 0 spiro atoms. The minimum Gasteiger partial charge on any atom is -0.494 e. The van der Waals surface area contributed by atoms with E-state index in [0.717, 1.165) is 23.7 Å². The van der Waals surface area contributed by atoms with Crippen molar-refractivity contribution >= 4 is 11.6 Å². The number of hydrogen-bond acceptors (Lipinski definition) is 5. The molecule has 7 heteroatoms. The summed E-state index contributed by atoms with van der Waals surface area (Å²) in [5.41, 5.74) is 1.57. The molecule has 0 bridgehead atoms. The van der Waals surface area contributed by atoms with Gasteiger partial charge in [0.1, 0.15) is 17.8 Å². The third-order valence-electron chi connectivity index (χ3n) is 3.87. The molecule has 3 rings (SSSR count). The second kappa shape index (κ2) is 8.84. The lowest BCUT2D eigenvalue weighted by atomic mass is 10.2. The van der Waals surface area contributed by atoms with Crippen LogP contribution >= 0.6 is 0 Å². The lowest BCUT2D eigenvalue weighted by molar-refractivity contribution is -0.118. The maximum atomic E-state index is 12.2. The summed E-state index contributed by atoms with van der Waals surface area (Å²) in [4.78, 5) is 12.2. The Bertz CT molecular complexity index is 890. The van der Waals surface area contributed by atoms with E-state index in [1.54, 1.807) is 18.5 Å². The van der Waals surface area contributed by atoms with Gasteiger partial charge in [-0.05, 0) is 50.2 Å². The summed E-state index contributed by atoms with van der Waals surface area (Å²) in [6.45, 7) is 5.25. The number of aryl methyl sites for hydroxylation is 1. The molecule has 0 aliphatic rings. The zero-order valence-corrected chi connectivity index (χ0v) is 15.4. The molecule has 0 radical (unpaired) electrons. The van der Waals surface area contributed by atoms with Gasteiger partial charge < -0.3 is 19.4 Å². The van der Waals surface area contributed by atoms with Gasteiger partial charge in [-0.3, -0.25) is 4.79 Å². The molecule has 1 aromatic heterocycles. The van der Waals surface area contributed by atoms with Gasteiger partial charge >= 0.3 is 0 Å². The van der Waals surface area contributed by atoms with E-state index in [2.05, 4.69) is 15.5 Å². The zero-order chi connectivity index (χ0) is 19.1. The van der Waals surface area contributed by atoms with Crippen molar-refractivity contribution in [2.24, 2.45) is 0 Å². The van der Waals surface area contributed by atoms with Gasteiger partial charge in [0.15, 0.2) is 12.4 Å². The van der Waals surface area contributed by atoms with Crippen molar-refractivity contribution in [1.82, 2.24) is 14.8 Å². The van der Waals surface area contributed by atoms with Crippen LogP contribution in [0.1, 0.15) is 13.8 Å². The van der Waals surface area contributed by atoms with Gasteiger partial charge in [0.2, 0.25) is 0 Å². The molecule has 27 heavy (non-hydrogen) atoms. The van der Waals surface area contributed by atoms with E-state index >= 15 is 0 Å². The molecule has 0 aliphatic carbocycles. The molecular weight excluding hydrogens is 344 g/mol. The number of carbonyl (C=O) groups is 1.